The highest BCUT2D eigenvalue weighted by atomic mass is 32.2. The van der Waals surface area contributed by atoms with E-state index in [0.717, 1.165) is 15.5 Å². The number of carbonyl (C=O) groups excluding carboxylic acids is 2. The second kappa shape index (κ2) is 9.43. The summed E-state index contributed by atoms with van der Waals surface area (Å²) in [5, 5.41) is 2.46. The van der Waals surface area contributed by atoms with Crippen molar-refractivity contribution in [2.75, 3.05) is 30.9 Å². The van der Waals surface area contributed by atoms with Crippen molar-refractivity contribution in [3.8, 4) is 11.5 Å². The van der Waals surface area contributed by atoms with E-state index in [1.165, 1.54) is 44.3 Å². The van der Waals surface area contributed by atoms with Crippen LogP contribution in [0.5, 0.6) is 11.5 Å². The fourth-order valence-corrected chi connectivity index (χ4v) is 4.10. The smallest absolute Gasteiger partial charge is 0.244 e. The van der Waals surface area contributed by atoms with Gasteiger partial charge in [-0.2, -0.15) is 0 Å². The van der Waals surface area contributed by atoms with Crippen LogP contribution < -0.4 is 19.1 Å². The van der Waals surface area contributed by atoms with Gasteiger partial charge >= 0.3 is 0 Å². The second-order valence-corrected chi connectivity index (χ2v) is 9.12. The molecule has 11 heteroatoms. The van der Waals surface area contributed by atoms with Crippen LogP contribution in [0.3, 0.4) is 0 Å². The van der Waals surface area contributed by atoms with Crippen LogP contribution in [-0.4, -0.2) is 57.8 Å². The summed E-state index contributed by atoms with van der Waals surface area (Å²) < 4.78 is 50.7. The summed E-state index contributed by atoms with van der Waals surface area (Å²) in [6, 6.07) is 9.40. The molecule has 0 aliphatic carbocycles. The summed E-state index contributed by atoms with van der Waals surface area (Å²) in [6.45, 7) is 0.701. The maximum absolute atomic E-state index is 14.2. The number of likely N-dealkylation sites (N-methyl/N-ethyl adjacent to an activating group) is 1. The lowest BCUT2D eigenvalue weighted by Crippen LogP contribution is -2.50. The molecule has 9 nitrogen and oxygen atoms in total. The fraction of sp³-hybridized carbons (Fsp3) is 0.333. The van der Waals surface area contributed by atoms with E-state index in [1.54, 1.807) is 12.1 Å². The van der Waals surface area contributed by atoms with E-state index < -0.39 is 40.2 Å². The lowest BCUT2D eigenvalue weighted by Gasteiger charge is -2.31. The van der Waals surface area contributed by atoms with E-state index in [-0.39, 0.29) is 24.6 Å². The largest absolute Gasteiger partial charge is 0.454 e. The molecule has 1 unspecified atom stereocenters. The van der Waals surface area contributed by atoms with Crippen LogP contribution in [0.25, 0.3) is 0 Å². The lowest BCUT2D eigenvalue weighted by atomic mass is 10.1. The molecule has 0 bridgehead atoms. The van der Waals surface area contributed by atoms with Crippen LogP contribution in [0.1, 0.15) is 12.5 Å². The third kappa shape index (κ3) is 5.10. The Morgan fingerprint density at radius 3 is 2.50 bits per heavy atom. The monoisotopic (exact) mass is 465 g/mol. The van der Waals surface area contributed by atoms with Gasteiger partial charge < -0.3 is 19.7 Å². The third-order valence-corrected chi connectivity index (χ3v) is 6.18. The summed E-state index contributed by atoms with van der Waals surface area (Å²) in [4.78, 5) is 26.6. The molecule has 0 radical (unpaired) electrons. The summed E-state index contributed by atoms with van der Waals surface area (Å²) in [5.41, 5.74) is 0.397. The molecule has 1 N–H and O–H groups in total. The molecule has 3 rings (SSSR count). The minimum Gasteiger partial charge on any atom is -0.454 e. The van der Waals surface area contributed by atoms with Crippen molar-refractivity contribution in [3.05, 3.63) is 53.8 Å². The number of sulfonamides is 1. The van der Waals surface area contributed by atoms with Crippen molar-refractivity contribution in [3.63, 3.8) is 0 Å². The van der Waals surface area contributed by atoms with Gasteiger partial charge in [0, 0.05) is 25.2 Å². The van der Waals surface area contributed by atoms with Gasteiger partial charge in [0.25, 0.3) is 0 Å². The van der Waals surface area contributed by atoms with Gasteiger partial charge in [0.15, 0.2) is 11.5 Å². The molecule has 0 aromatic heterocycles. The zero-order chi connectivity index (χ0) is 23.5. The van der Waals surface area contributed by atoms with Gasteiger partial charge in [-0.05, 0) is 25.1 Å². The molecule has 32 heavy (non-hydrogen) atoms. The number of ether oxygens (including phenoxy) is 2. The van der Waals surface area contributed by atoms with Crippen molar-refractivity contribution in [1.29, 1.82) is 0 Å². The lowest BCUT2D eigenvalue weighted by molar-refractivity contribution is -0.139. The van der Waals surface area contributed by atoms with Gasteiger partial charge in [0.1, 0.15) is 18.4 Å². The number of anilines is 1. The maximum atomic E-state index is 14.2. The van der Waals surface area contributed by atoms with Crippen LogP contribution in [-0.2, 0) is 26.2 Å². The Kier molecular flexibility index (Phi) is 6.87. The van der Waals surface area contributed by atoms with Crippen LogP contribution in [0.15, 0.2) is 42.5 Å². The van der Waals surface area contributed by atoms with Gasteiger partial charge in [-0.1, -0.05) is 18.2 Å². The standard InChI is InChI=1S/C21H24FN3O6S/c1-14(21(27)23-2)24(11-15-6-4-5-7-17(15)22)20(26)12-25(32(3,28)29)16-8-9-18-19(10-16)31-13-30-18/h4-10,14H,11-13H2,1-3H3,(H,23,27). The number of hydrogen-bond donors (Lipinski definition) is 1. The first-order chi connectivity index (χ1) is 15.1. The summed E-state index contributed by atoms with van der Waals surface area (Å²) in [6.07, 6.45) is 0.967. The number of carbonyl (C=O) groups is 2. The third-order valence-electron chi connectivity index (χ3n) is 5.04. The first-order valence-corrected chi connectivity index (χ1v) is 11.6. The molecular weight excluding hydrogens is 441 g/mol. The highest BCUT2D eigenvalue weighted by molar-refractivity contribution is 7.92. The molecule has 1 atom stereocenters. The van der Waals surface area contributed by atoms with Gasteiger partial charge in [0.05, 0.1) is 11.9 Å². The predicted molar refractivity (Wildman–Crippen MR) is 115 cm³/mol. The van der Waals surface area contributed by atoms with E-state index in [2.05, 4.69) is 5.32 Å². The van der Waals surface area contributed by atoms with Gasteiger partial charge in [-0.3, -0.25) is 13.9 Å². The van der Waals surface area contributed by atoms with Crippen molar-refractivity contribution in [2.24, 2.45) is 0 Å². The molecule has 1 aliphatic heterocycles. The van der Waals surface area contributed by atoms with E-state index >= 15 is 0 Å². The molecule has 0 saturated heterocycles. The van der Waals surface area contributed by atoms with Crippen LogP contribution >= 0.6 is 0 Å². The molecule has 2 amide bonds. The van der Waals surface area contributed by atoms with Gasteiger partial charge in [-0.15, -0.1) is 0 Å². The topological polar surface area (TPSA) is 105 Å². The van der Waals surface area contributed by atoms with Crippen molar-refractivity contribution in [1.82, 2.24) is 10.2 Å². The van der Waals surface area contributed by atoms with E-state index in [1.807, 2.05) is 0 Å². The van der Waals surface area contributed by atoms with E-state index in [4.69, 9.17) is 9.47 Å². The molecule has 1 heterocycles. The Bertz CT molecular complexity index is 1120. The molecule has 0 fully saturated rings. The number of fused-ring (bicyclic) bond motifs is 1. The average Bonchev–Trinajstić information content (AvgIpc) is 3.22. The SMILES string of the molecule is CNC(=O)C(C)N(Cc1ccccc1F)C(=O)CN(c1ccc2c(c1)OCO2)S(C)(=O)=O. The van der Waals surface area contributed by atoms with Crippen LogP contribution in [0.4, 0.5) is 10.1 Å². The molecule has 0 saturated carbocycles. The number of nitrogens with one attached hydrogen (secondary N) is 1. The maximum Gasteiger partial charge on any atom is 0.244 e. The normalized spacial score (nSPS) is 13.4. The fourth-order valence-electron chi connectivity index (χ4n) is 3.26. The number of amides is 2. The predicted octanol–water partition coefficient (Wildman–Crippen LogP) is 1.48. The van der Waals surface area contributed by atoms with Crippen molar-refractivity contribution < 1.29 is 31.9 Å². The highest BCUT2D eigenvalue weighted by Crippen LogP contribution is 2.36. The van der Waals surface area contributed by atoms with E-state index in [0.29, 0.717) is 11.5 Å². The molecule has 2 aromatic carbocycles. The van der Waals surface area contributed by atoms with Crippen molar-refractivity contribution in [2.45, 2.75) is 19.5 Å². The highest BCUT2D eigenvalue weighted by Gasteiger charge is 2.30. The van der Waals surface area contributed by atoms with Crippen molar-refractivity contribution >= 4 is 27.5 Å². The Balaban J connectivity index is 1.92. The summed E-state index contributed by atoms with van der Waals surface area (Å²) in [5.74, 6) is -0.866. The Morgan fingerprint density at radius 1 is 1.16 bits per heavy atom. The number of nitrogens with zero attached hydrogens (tertiary/aromatic N) is 2. The zero-order valence-electron chi connectivity index (χ0n) is 17.9. The first-order valence-electron chi connectivity index (χ1n) is 9.73. The minimum absolute atomic E-state index is 0.0106. The average molecular weight is 466 g/mol. The summed E-state index contributed by atoms with van der Waals surface area (Å²) >= 11 is 0. The number of hydrogen-bond acceptors (Lipinski definition) is 6. The Morgan fingerprint density at radius 2 is 1.84 bits per heavy atom. The molecule has 0 spiro atoms. The first kappa shape index (κ1) is 23.3. The minimum atomic E-state index is -3.88. The van der Waals surface area contributed by atoms with Gasteiger partial charge in [0.2, 0.25) is 28.6 Å². The Labute approximate surface area is 185 Å². The van der Waals surface area contributed by atoms with Crippen LogP contribution in [0.2, 0.25) is 0 Å². The number of halogens is 1. The van der Waals surface area contributed by atoms with E-state index in [9.17, 15) is 22.4 Å². The number of benzene rings is 2. The Hall–Kier alpha value is -3.34. The van der Waals surface area contributed by atoms with Crippen LogP contribution in [0, 0.1) is 5.82 Å². The zero-order valence-corrected chi connectivity index (χ0v) is 18.7. The second-order valence-electron chi connectivity index (χ2n) is 7.21. The summed E-state index contributed by atoms with van der Waals surface area (Å²) in [7, 11) is -2.46. The quantitative estimate of drug-likeness (QED) is 0.633. The molecule has 2 aromatic rings. The molecular formula is C21H24FN3O6S. The molecule has 1 aliphatic rings. The number of rotatable bonds is 8. The molecule has 172 valence electrons. The van der Waals surface area contributed by atoms with Gasteiger partial charge in [-0.25, -0.2) is 12.8 Å².